The van der Waals surface area contributed by atoms with Crippen molar-refractivity contribution in [3.05, 3.63) is 30.0 Å². The van der Waals surface area contributed by atoms with Crippen LogP contribution in [0.5, 0.6) is 0 Å². The Morgan fingerprint density at radius 2 is 1.79 bits per heavy atom. The van der Waals surface area contributed by atoms with Gasteiger partial charge in [-0.05, 0) is 37.9 Å². The molecule has 0 aliphatic rings. The van der Waals surface area contributed by atoms with E-state index in [0.29, 0.717) is 18.5 Å². The molecule has 2 rings (SSSR count). The molecule has 1 aromatic carbocycles. The summed E-state index contributed by atoms with van der Waals surface area (Å²) in [6.45, 7) is 7.05. The number of benzene rings is 1. The first-order chi connectivity index (χ1) is 9.11. The minimum atomic E-state index is 0.333. The van der Waals surface area contributed by atoms with Crippen LogP contribution in [-0.4, -0.2) is 22.6 Å². The van der Waals surface area contributed by atoms with Gasteiger partial charge in [0.15, 0.2) is 0 Å². The van der Waals surface area contributed by atoms with Crippen LogP contribution in [0.25, 0.3) is 11.0 Å². The lowest BCUT2D eigenvalue weighted by atomic mass is 10.0. The first kappa shape index (κ1) is 13.7. The maximum atomic E-state index is 5.67. The van der Waals surface area contributed by atoms with Crippen molar-refractivity contribution < 1.29 is 0 Å². The van der Waals surface area contributed by atoms with Gasteiger partial charge >= 0.3 is 0 Å². The molecule has 1 heterocycles. The second-order valence-electron chi connectivity index (χ2n) is 5.22. The molecule has 1 aromatic heterocycles. The summed E-state index contributed by atoms with van der Waals surface area (Å²) in [6, 6.07) is 8.27. The lowest BCUT2D eigenvalue weighted by molar-refractivity contribution is 0.497. The van der Waals surface area contributed by atoms with Gasteiger partial charge in [0, 0.05) is 6.04 Å². The summed E-state index contributed by atoms with van der Waals surface area (Å²) in [4.78, 5) is 9.26. The number of nitrogens with one attached hydrogen (secondary N) is 1. The molecular weight excluding hydrogens is 236 g/mol. The first-order valence-electron chi connectivity index (χ1n) is 6.81. The van der Waals surface area contributed by atoms with Crippen LogP contribution < -0.4 is 11.1 Å². The molecule has 0 aliphatic heterocycles. The number of hydrogen-bond acceptors (Lipinski definition) is 4. The van der Waals surface area contributed by atoms with Crippen molar-refractivity contribution in [2.45, 2.75) is 33.2 Å². The maximum absolute atomic E-state index is 5.67. The van der Waals surface area contributed by atoms with Gasteiger partial charge in [-0.25, -0.2) is 9.97 Å². The van der Waals surface area contributed by atoms with E-state index in [1.807, 2.05) is 31.2 Å². The van der Waals surface area contributed by atoms with Crippen LogP contribution in [0.15, 0.2) is 24.3 Å². The highest BCUT2D eigenvalue weighted by Crippen LogP contribution is 2.19. The molecule has 1 unspecified atom stereocenters. The Morgan fingerprint density at radius 1 is 1.16 bits per heavy atom. The number of anilines is 1. The summed E-state index contributed by atoms with van der Waals surface area (Å²) in [6.07, 6.45) is 0.936. The number of aryl methyl sites for hydroxylation is 1. The van der Waals surface area contributed by atoms with Gasteiger partial charge in [0.25, 0.3) is 0 Å². The van der Waals surface area contributed by atoms with Crippen molar-refractivity contribution in [1.82, 2.24) is 9.97 Å². The maximum Gasteiger partial charge on any atom is 0.148 e. The first-order valence-corrected chi connectivity index (χ1v) is 6.81. The topological polar surface area (TPSA) is 63.8 Å². The molecule has 0 radical (unpaired) electrons. The van der Waals surface area contributed by atoms with E-state index in [2.05, 4.69) is 29.1 Å². The summed E-state index contributed by atoms with van der Waals surface area (Å²) in [5.74, 6) is 1.38. The van der Waals surface area contributed by atoms with Crippen LogP contribution >= 0.6 is 0 Å². The van der Waals surface area contributed by atoms with E-state index in [-0.39, 0.29) is 0 Å². The van der Waals surface area contributed by atoms with Crippen molar-refractivity contribution in [2.24, 2.45) is 11.7 Å². The zero-order chi connectivity index (χ0) is 13.8. The van der Waals surface area contributed by atoms with Gasteiger partial charge in [0.2, 0.25) is 0 Å². The van der Waals surface area contributed by atoms with Crippen molar-refractivity contribution in [3.63, 3.8) is 0 Å². The van der Waals surface area contributed by atoms with Gasteiger partial charge in [-0.15, -0.1) is 0 Å². The van der Waals surface area contributed by atoms with Crippen molar-refractivity contribution in [2.75, 3.05) is 11.9 Å². The van der Waals surface area contributed by atoms with E-state index < -0.39 is 0 Å². The monoisotopic (exact) mass is 258 g/mol. The summed E-state index contributed by atoms with van der Waals surface area (Å²) in [7, 11) is 0. The minimum absolute atomic E-state index is 0.333. The lowest BCUT2D eigenvalue weighted by Crippen LogP contribution is -2.29. The predicted molar refractivity (Wildman–Crippen MR) is 80.2 cm³/mol. The van der Waals surface area contributed by atoms with E-state index in [9.17, 15) is 0 Å². The molecule has 19 heavy (non-hydrogen) atoms. The molecule has 0 amide bonds. The highest BCUT2D eigenvalue weighted by Gasteiger charge is 2.14. The number of nitrogens with zero attached hydrogens (tertiary/aromatic N) is 2. The Kier molecular flexibility index (Phi) is 4.32. The van der Waals surface area contributed by atoms with Crippen LogP contribution in [0.2, 0.25) is 0 Å². The molecule has 3 N–H and O–H groups in total. The lowest BCUT2D eigenvalue weighted by Gasteiger charge is -2.23. The highest BCUT2D eigenvalue weighted by molar-refractivity contribution is 5.76. The summed E-state index contributed by atoms with van der Waals surface area (Å²) in [5, 5.41) is 3.49. The third kappa shape index (κ3) is 3.20. The summed E-state index contributed by atoms with van der Waals surface area (Å²) in [5.41, 5.74) is 8.46. The number of fused-ring (bicyclic) bond motifs is 1. The molecule has 4 nitrogen and oxygen atoms in total. The average molecular weight is 258 g/mol. The molecular formula is C15H22N4. The van der Waals surface area contributed by atoms with Crippen molar-refractivity contribution >= 4 is 16.9 Å². The van der Waals surface area contributed by atoms with Crippen LogP contribution in [0.3, 0.4) is 0 Å². The molecule has 0 saturated carbocycles. The second-order valence-corrected chi connectivity index (χ2v) is 5.22. The van der Waals surface area contributed by atoms with Crippen molar-refractivity contribution in [1.29, 1.82) is 0 Å². The van der Waals surface area contributed by atoms with Gasteiger partial charge in [-0.1, -0.05) is 26.0 Å². The van der Waals surface area contributed by atoms with E-state index in [4.69, 9.17) is 5.73 Å². The van der Waals surface area contributed by atoms with Crippen LogP contribution in [0.1, 0.15) is 26.0 Å². The van der Waals surface area contributed by atoms with E-state index in [1.54, 1.807) is 0 Å². The molecule has 102 valence electrons. The molecule has 2 aromatic rings. The number of para-hydroxylation sites is 2. The van der Waals surface area contributed by atoms with Crippen LogP contribution in [0.4, 0.5) is 5.82 Å². The Morgan fingerprint density at radius 3 is 2.37 bits per heavy atom. The van der Waals surface area contributed by atoms with Gasteiger partial charge < -0.3 is 11.1 Å². The predicted octanol–water partition coefficient (Wildman–Crippen LogP) is 2.72. The zero-order valence-corrected chi connectivity index (χ0v) is 11.9. The van der Waals surface area contributed by atoms with Crippen molar-refractivity contribution in [3.8, 4) is 0 Å². The van der Waals surface area contributed by atoms with E-state index in [0.717, 1.165) is 29.0 Å². The van der Waals surface area contributed by atoms with E-state index in [1.165, 1.54) is 0 Å². The third-order valence-electron chi connectivity index (χ3n) is 3.35. The smallest absolute Gasteiger partial charge is 0.148 e. The molecule has 0 aliphatic carbocycles. The molecule has 0 bridgehead atoms. The normalized spacial score (nSPS) is 12.9. The fourth-order valence-electron chi connectivity index (χ4n) is 2.15. The van der Waals surface area contributed by atoms with Gasteiger partial charge in [0.1, 0.15) is 5.82 Å². The number of hydrogen-bond donors (Lipinski definition) is 2. The minimum Gasteiger partial charge on any atom is -0.366 e. The molecule has 4 heteroatoms. The van der Waals surface area contributed by atoms with Gasteiger partial charge in [0.05, 0.1) is 16.7 Å². The quantitative estimate of drug-likeness (QED) is 0.865. The highest BCUT2D eigenvalue weighted by atomic mass is 15.0. The summed E-state index contributed by atoms with van der Waals surface area (Å²) >= 11 is 0. The average Bonchev–Trinajstić information content (AvgIpc) is 2.38. The Hall–Kier alpha value is -1.68. The third-order valence-corrected chi connectivity index (χ3v) is 3.35. The Labute approximate surface area is 114 Å². The fraction of sp³-hybridized carbons (Fsp3) is 0.467. The number of rotatable bonds is 5. The number of nitrogens with two attached hydrogens (primary N) is 1. The fourth-order valence-corrected chi connectivity index (χ4v) is 2.15. The number of aromatic nitrogens is 2. The Balaban J connectivity index is 2.31. The molecule has 0 spiro atoms. The molecule has 0 fully saturated rings. The zero-order valence-electron chi connectivity index (χ0n) is 11.9. The second kappa shape index (κ2) is 5.97. The SMILES string of the molecule is Cc1nc2ccccc2nc1NC(CCN)C(C)C. The standard InChI is InChI=1S/C15H22N4/c1-10(2)12(8-9-16)18-15-11(3)17-13-6-4-5-7-14(13)19-15/h4-7,10,12H,8-9,16H2,1-3H3,(H,18,19). The summed E-state index contributed by atoms with van der Waals surface area (Å²) < 4.78 is 0. The van der Waals surface area contributed by atoms with Crippen LogP contribution in [0, 0.1) is 12.8 Å². The van der Waals surface area contributed by atoms with Gasteiger partial charge in [-0.3, -0.25) is 0 Å². The largest absolute Gasteiger partial charge is 0.366 e. The van der Waals surface area contributed by atoms with Gasteiger partial charge in [-0.2, -0.15) is 0 Å². The molecule has 1 atom stereocenters. The molecule has 0 saturated heterocycles. The van der Waals surface area contributed by atoms with E-state index >= 15 is 0 Å². The Bertz CT molecular complexity index is 551. The van der Waals surface area contributed by atoms with Crippen LogP contribution in [-0.2, 0) is 0 Å².